The fourth-order valence-electron chi connectivity index (χ4n) is 1.30. The Hall–Kier alpha value is -0.460. The summed E-state index contributed by atoms with van der Waals surface area (Å²) in [6, 6.07) is 5.40. The van der Waals surface area contributed by atoms with Gasteiger partial charge in [-0.3, -0.25) is 0 Å². The highest BCUT2D eigenvalue weighted by Crippen LogP contribution is 2.18. The molecule has 0 heterocycles. The molecule has 96 valence electrons. The third-order valence-corrected chi connectivity index (χ3v) is 4.71. The van der Waals surface area contributed by atoms with E-state index in [9.17, 15) is 12.8 Å². The van der Waals surface area contributed by atoms with Gasteiger partial charge in [0.05, 0.1) is 0 Å². The number of hydrogen-bond donors (Lipinski definition) is 0. The largest absolute Gasteiger partial charge is 0.245 e. The van der Waals surface area contributed by atoms with Crippen molar-refractivity contribution in [1.82, 2.24) is 4.31 Å². The lowest BCUT2D eigenvalue weighted by atomic mass is 10.3. The Morgan fingerprint density at radius 3 is 2.53 bits per heavy atom. The molecule has 0 amide bonds. The minimum Gasteiger partial charge on any atom is -0.207 e. The average Bonchev–Trinajstić information content (AvgIpc) is 2.26. The Balaban J connectivity index is 2.92. The summed E-state index contributed by atoms with van der Waals surface area (Å²) in [5, 5.41) is 0. The van der Waals surface area contributed by atoms with Gasteiger partial charge in [0, 0.05) is 18.4 Å². The lowest BCUT2D eigenvalue weighted by Gasteiger charge is -2.18. The third kappa shape index (κ3) is 3.76. The number of nitrogens with zero attached hydrogens (tertiary/aromatic N) is 1. The summed E-state index contributed by atoms with van der Waals surface area (Å²) in [4.78, 5) is -0.0505. The molecule has 0 fully saturated rings. The summed E-state index contributed by atoms with van der Waals surface area (Å²) in [5.41, 5.74) is 0. The van der Waals surface area contributed by atoms with Gasteiger partial charge in [0.15, 0.2) is 0 Å². The van der Waals surface area contributed by atoms with E-state index in [2.05, 4.69) is 15.9 Å². The smallest absolute Gasteiger partial charge is 0.207 e. The average molecular weight is 324 g/mol. The highest BCUT2D eigenvalue weighted by Gasteiger charge is 2.23. The zero-order valence-electron chi connectivity index (χ0n) is 9.73. The van der Waals surface area contributed by atoms with Gasteiger partial charge in [-0.1, -0.05) is 35.0 Å². The number of halogens is 2. The molecule has 0 saturated carbocycles. The van der Waals surface area contributed by atoms with Crippen LogP contribution in [0.5, 0.6) is 0 Å². The lowest BCUT2D eigenvalue weighted by molar-refractivity contribution is 0.456. The molecule has 0 radical (unpaired) electrons. The zero-order chi connectivity index (χ0) is 13.1. The zero-order valence-corrected chi connectivity index (χ0v) is 12.1. The highest BCUT2D eigenvalue weighted by atomic mass is 79.9. The van der Waals surface area contributed by atoms with Gasteiger partial charge in [-0.25, -0.2) is 17.1 Å². The number of benzene rings is 1. The molecule has 0 spiro atoms. The van der Waals surface area contributed by atoms with Crippen molar-refractivity contribution in [1.29, 1.82) is 0 Å². The first-order valence-electron chi connectivity index (χ1n) is 5.20. The minimum atomic E-state index is -3.73. The fraction of sp³-hybridized carbons (Fsp3) is 0.455. The van der Waals surface area contributed by atoms with Crippen LogP contribution >= 0.6 is 15.9 Å². The van der Waals surface area contributed by atoms with Crippen molar-refractivity contribution in [3.05, 3.63) is 30.1 Å². The molecule has 1 atom stereocenters. The Morgan fingerprint density at radius 2 is 2.00 bits per heavy atom. The monoisotopic (exact) mass is 323 g/mol. The topological polar surface area (TPSA) is 37.4 Å². The van der Waals surface area contributed by atoms with Gasteiger partial charge in [-0.15, -0.1) is 0 Å². The molecule has 6 heteroatoms. The minimum absolute atomic E-state index is 0.223. The molecule has 1 rings (SSSR count). The van der Waals surface area contributed by atoms with Gasteiger partial charge in [-0.05, 0) is 18.6 Å². The second kappa shape index (κ2) is 5.93. The van der Waals surface area contributed by atoms with Crippen molar-refractivity contribution in [3.63, 3.8) is 0 Å². The standard InChI is InChI=1S/C11H15BrFNO2S/c1-9(12)7-8-14(2)17(15,16)11-6-4-3-5-10(11)13/h3-6,9H,7-8H2,1-2H3. The molecular formula is C11H15BrFNO2S. The third-order valence-electron chi connectivity index (χ3n) is 2.37. The van der Waals surface area contributed by atoms with Crippen LogP contribution in [0, 0.1) is 5.82 Å². The van der Waals surface area contributed by atoms with Crippen molar-refractivity contribution in [3.8, 4) is 0 Å². The van der Waals surface area contributed by atoms with Crippen molar-refractivity contribution < 1.29 is 12.8 Å². The van der Waals surface area contributed by atoms with Crippen LogP contribution in [0.3, 0.4) is 0 Å². The Morgan fingerprint density at radius 1 is 1.41 bits per heavy atom. The number of rotatable bonds is 5. The summed E-state index contributed by atoms with van der Waals surface area (Å²) in [6.07, 6.45) is 0.671. The second-order valence-corrected chi connectivity index (χ2v) is 7.40. The SMILES string of the molecule is CC(Br)CCN(C)S(=O)(=O)c1ccccc1F. The highest BCUT2D eigenvalue weighted by molar-refractivity contribution is 9.09. The molecule has 0 aliphatic rings. The van der Waals surface area contributed by atoms with Crippen LogP contribution in [0.15, 0.2) is 29.2 Å². The van der Waals surface area contributed by atoms with Crippen molar-refractivity contribution >= 4 is 26.0 Å². The molecule has 0 aliphatic carbocycles. The van der Waals surface area contributed by atoms with E-state index in [1.54, 1.807) is 0 Å². The molecule has 1 unspecified atom stereocenters. The van der Waals surface area contributed by atoms with E-state index < -0.39 is 15.8 Å². The fourth-order valence-corrected chi connectivity index (χ4v) is 2.75. The summed E-state index contributed by atoms with van der Waals surface area (Å²) in [6.45, 7) is 2.28. The van der Waals surface area contributed by atoms with Crippen LogP contribution in [0.1, 0.15) is 13.3 Å². The predicted molar refractivity (Wildman–Crippen MR) is 69.2 cm³/mol. The molecule has 17 heavy (non-hydrogen) atoms. The molecule has 3 nitrogen and oxygen atoms in total. The molecule has 1 aromatic rings. The summed E-state index contributed by atoms with van der Waals surface area (Å²) in [7, 11) is -2.27. The molecule has 0 aliphatic heterocycles. The number of alkyl halides is 1. The van der Waals surface area contributed by atoms with Crippen LogP contribution in [0.4, 0.5) is 4.39 Å². The van der Waals surface area contributed by atoms with Gasteiger partial charge in [-0.2, -0.15) is 0 Å². The van der Waals surface area contributed by atoms with E-state index in [0.29, 0.717) is 13.0 Å². The van der Waals surface area contributed by atoms with E-state index in [1.807, 2.05) is 6.92 Å². The lowest BCUT2D eigenvalue weighted by Crippen LogP contribution is -2.29. The first-order valence-corrected chi connectivity index (χ1v) is 7.56. The van der Waals surface area contributed by atoms with Gasteiger partial charge >= 0.3 is 0 Å². The van der Waals surface area contributed by atoms with Crippen molar-refractivity contribution in [2.75, 3.05) is 13.6 Å². The van der Waals surface area contributed by atoms with E-state index >= 15 is 0 Å². The van der Waals surface area contributed by atoms with E-state index in [0.717, 1.165) is 6.07 Å². The van der Waals surface area contributed by atoms with E-state index in [1.165, 1.54) is 29.6 Å². The predicted octanol–water partition coefficient (Wildman–Crippen LogP) is 2.62. The number of sulfonamides is 1. The summed E-state index contributed by atoms with van der Waals surface area (Å²) in [5.74, 6) is -0.716. The second-order valence-electron chi connectivity index (χ2n) is 3.83. The molecule has 0 aromatic heterocycles. The summed E-state index contributed by atoms with van der Waals surface area (Å²) < 4.78 is 38.7. The molecule has 0 saturated heterocycles. The van der Waals surface area contributed by atoms with Crippen LogP contribution < -0.4 is 0 Å². The van der Waals surface area contributed by atoms with Crippen LogP contribution in [0.25, 0.3) is 0 Å². The van der Waals surface area contributed by atoms with Gasteiger partial charge in [0.2, 0.25) is 10.0 Å². The Kier molecular flexibility index (Phi) is 5.09. The van der Waals surface area contributed by atoms with Crippen molar-refractivity contribution in [2.24, 2.45) is 0 Å². The van der Waals surface area contributed by atoms with Crippen molar-refractivity contribution in [2.45, 2.75) is 23.1 Å². The summed E-state index contributed by atoms with van der Waals surface area (Å²) >= 11 is 3.34. The van der Waals surface area contributed by atoms with Gasteiger partial charge in [0.25, 0.3) is 0 Å². The number of hydrogen-bond acceptors (Lipinski definition) is 2. The normalized spacial score (nSPS) is 13.9. The first kappa shape index (κ1) is 14.6. The maximum absolute atomic E-state index is 13.4. The molecule has 1 aromatic carbocycles. The van der Waals surface area contributed by atoms with Gasteiger partial charge in [0.1, 0.15) is 10.7 Å². The maximum Gasteiger partial charge on any atom is 0.245 e. The maximum atomic E-state index is 13.4. The van der Waals surface area contributed by atoms with Crippen LogP contribution in [-0.2, 0) is 10.0 Å². The molecule has 0 N–H and O–H groups in total. The molecular weight excluding hydrogens is 309 g/mol. The molecule has 0 bridgehead atoms. The van der Waals surface area contributed by atoms with Crippen LogP contribution in [-0.4, -0.2) is 31.1 Å². The Bertz CT molecular complexity index is 476. The van der Waals surface area contributed by atoms with Crippen LogP contribution in [0.2, 0.25) is 0 Å². The quantitative estimate of drug-likeness (QED) is 0.781. The van der Waals surface area contributed by atoms with E-state index in [4.69, 9.17) is 0 Å². The van der Waals surface area contributed by atoms with E-state index in [-0.39, 0.29) is 9.72 Å². The Labute approximate surface area is 110 Å². The first-order chi connectivity index (χ1) is 7.85. The van der Waals surface area contributed by atoms with Gasteiger partial charge < -0.3 is 0 Å².